The summed E-state index contributed by atoms with van der Waals surface area (Å²) >= 11 is 0. The Bertz CT molecular complexity index is 988. The number of aryl methyl sites for hydroxylation is 1. The third kappa shape index (κ3) is 2.77. The number of anilines is 1. The van der Waals surface area contributed by atoms with E-state index in [-0.39, 0.29) is 18.2 Å². The summed E-state index contributed by atoms with van der Waals surface area (Å²) in [6.45, 7) is 0. The van der Waals surface area contributed by atoms with Crippen molar-refractivity contribution in [1.29, 1.82) is 0 Å². The van der Waals surface area contributed by atoms with Crippen molar-refractivity contribution < 1.29 is 22.4 Å². The molecule has 1 amide bonds. The largest absolute Gasteiger partial charge is 0.460 e. The standard InChI is InChI=1S/C18H14F3N3O2/c1-24-17-13(9-22-24)12(8-16(25)23-17)15-6-5-14(26-15)10-3-2-4-11(7-10)18(19,20)21/h2-7,9,12H,8H2,1H3,(H,23,25)/t12-/m0/s1. The molecule has 8 heteroatoms. The van der Waals surface area contributed by atoms with Crippen LogP contribution in [0.2, 0.25) is 0 Å². The molecule has 0 aliphatic carbocycles. The Morgan fingerprint density at radius 2 is 2.08 bits per heavy atom. The van der Waals surface area contributed by atoms with Crippen molar-refractivity contribution in [2.75, 3.05) is 5.32 Å². The molecule has 0 bridgehead atoms. The van der Waals surface area contributed by atoms with E-state index >= 15 is 0 Å². The van der Waals surface area contributed by atoms with Crippen molar-refractivity contribution in [2.45, 2.75) is 18.5 Å². The van der Waals surface area contributed by atoms with E-state index in [4.69, 9.17) is 4.42 Å². The summed E-state index contributed by atoms with van der Waals surface area (Å²) in [4.78, 5) is 12.0. The molecule has 4 rings (SSSR count). The minimum absolute atomic E-state index is 0.164. The van der Waals surface area contributed by atoms with E-state index in [1.54, 1.807) is 36.1 Å². The summed E-state index contributed by atoms with van der Waals surface area (Å²) in [5.41, 5.74) is 0.411. The van der Waals surface area contributed by atoms with E-state index in [1.807, 2.05) is 0 Å². The molecule has 5 nitrogen and oxygen atoms in total. The SMILES string of the molecule is Cn1ncc2c1NC(=O)C[C@@H]2c1ccc(-c2cccc(C(F)(F)F)c2)o1. The summed E-state index contributed by atoms with van der Waals surface area (Å²) in [6, 6.07) is 8.27. The van der Waals surface area contributed by atoms with Gasteiger partial charge in [-0.1, -0.05) is 12.1 Å². The van der Waals surface area contributed by atoms with Crippen LogP contribution in [0.5, 0.6) is 0 Å². The number of benzene rings is 1. The number of furan rings is 1. The van der Waals surface area contributed by atoms with Gasteiger partial charge in [-0.05, 0) is 24.3 Å². The topological polar surface area (TPSA) is 60.1 Å². The Morgan fingerprint density at radius 3 is 2.85 bits per heavy atom. The van der Waals surface area contributed by atoms with E-state index in [0.717, 1.165) is 17.7 Å². The first kappa shape index (κ1) is 16.4. The Balaban J connectivity index is 1.70. The number of nitrogens with zero attached hydrogens (tertiary/aromatic N) is 2. The number of aromatic nitrogens is 2. The van der Waals surface area contributed by atoms with Crippen molar-refractivity contribution >= 4 is 11.7 Å². The summed E-state index contributed by atoms with van der Waals surface area (Å²) in [6.07, 6.45) is -2.57. The molecular formula is C18H14F3N3O2. The van der Waals surface area contributed by atoms with Crippen LogP contribution in [0.1, 0.15) is 29.2 Å². The Labute approximate surface area is 146 Å². The number of amides is 1. The van der Waals surface area contributed by atoms with Crippen LogP contribution in [0.4, 0.5) is 19.0 Å². The van der Waals surface area contributed by atoms with Gasteiger partial charge in [0.2, 0.25) is 5.91 Å². The van der Waals surface area contributed by atoms with Crippen LogP contribution >= 0.6 is 0 Å². The van der Waals surface area contributed by atoms with Crippen LogP contribution in [-0.2, 0) is 18.0 Å². The maximum Gasteiger partial charge on any atom is 0.416 e. The van der Waals surface area contributed by atoms with Crippen LogP contribution in [0.25, 0.3) is 11.3 Å². The number of rotatable bonds is 2. The third-order valence-electron chi connectivity index (χ3n) is 4.43. The normalized spacial score (nSPS) is 17.1. The molecule has 1 atom stereocenters. The minimum atomic E-state index is -4.42. The van der Waals surface area contributed by atoms with Crippen molar-refractivity contribution in [2.24, 2.45) is 7.05 Å². The number of carbonyl (C=O) groups excluding carboxylic acids is 1. The number of halogens is 3. The molecule has 3 aromatic rings. The highest BCUT2D eigenvalue weighted by Gasteiger charge is 2.32. The predicted molar refractivity (Wildman–Crippen MR) is 87.4 cm³/mol. The van der Waals surface area contributed by atoms with Gasteiger partial charge in [0.25, 0.3) is 0 Å². The molecule has 0 spiro atoms. The Morgan fingerprint density at radius 1 is 1.27 bits per heavy atom. The highest BCUT2D eigenvalue weighted by molar-refractivity contribution is 5.94. The van der Waals surface area contributed by atoms with E-state index in [1.165, 1.54) is 6.07 Å². The van der Waals surface area contributed by atoms with E-state index in [0.29, 0.717) is 22.9 Å². The van der Waals surface area contributed by atoms with Crippen molar-refractivity contribution in [1.82, 2.24) is 9.78 Å². The van der Waals surface area contributed by atoms with Gasteiger partial charge in [-0.2, -0.15) is 18.3 Å². The van der Waals surface area contributed by atoms with Gasteiger partial charge in [0.1, 0.15) is 17.3 Å². The number of alkyl halides is 3. The lowest BCUT2D eigenvalue weighted by Crippen LogP contribution is -2.24. The highest BCUT2D eigenvalue weighted by atomic mass is 19.4. The van der Waals surface area contributed by atoms with Crippen molar-refractivity contribution in [3.63, 3.8) is 0 Å². The zero-order chi connectivity index (χ0) is 18.5. The second kappa shape index (κ2) is 5.76. The number of nitrogens with one attached hydrogen (secondary N) is 1. The summed E-state index contributed by atoms with van der Waals surface area (Å²) < 4.78 is 46.1. The van der Waals surface area contributed by atoms with Crippen molar-refractivity contribution in [3.05, 3.63) is 59.5 Å². The van der Waals surface area contributed by atoms with Crippen LogP contribution in [0, 0.1) is 0 Å². The average molecular weight is 361 g/mol. The lowest BCUT2D eigenvalue weighted by atomic mass is 9.92. The second-order valence-corrected chi connectivity index (χ2v) is 6.16. The monoisotopic (exact) mass is 361 g/mol. The van der Waals surface area contributed by atoms with Gasteiger partial charge in [0.15, 0.2) is 0 Å². The fourth-order valence-corrected chi connectivity index (χ4v) is 3.14. The van der Waals surface area contributed by atoms with Gasteiger partial charge in [-0.15, -0.1) is 0 Å². The zero-order valence-corrected chi connectivity index (χ0v) is 13.7. The lowest BCUT2D eigenvalue weighted by Gasteiger charge is -2.21. The average Bonchev–Trinajstić information content (AvgIpc) is 3.22. The van der Waals surface area contributed by atoms with Gasteiger partial charge in [0, 0.05) is 24.6 Å². The molecule has 1 aromatic carbocycles. The molecule has 1 N–H and O–H groups in total. The summed E-state index contributed by atoms with van der Waals surface area (Å²) in [7, 11) is 1.72. The summed E-state index contributed by atoms with van der Waals surface area (Å²) in [5, 5.41) is 6.91. The minimum Gasteiger partial charge on any atom is -0.460 e. The van der Waals surface area contributed by atoms with Gasteiger partial charge in [-0.25, -0.2) is 0 Å². The lowest BCUT2D eigenvalue weighted by molar-refractivity contribution is -0.137. The van der Waals surface area contributed by atoms with Crippen molar-refractivity contribution in [3.8, 4) is 11.3 Å². The molecule has 2 aromatic heterocycles. The molecule has 0 unspecified atom stereocenters. The fourth-order valence-electron chi connectivity index (χ4n) is 3.14. The maximum atomic E-state index is 12.9. The van der Waals surface area contributed by atoms with Gasteiger partial charge in [0.05, 0.1) is 17.7 Å². The molecule has 0 saturated carbocycles. The second-order valence-electron chi connectivity index (χ2n) is 6.16. The van der Waals surface area contributed by atoms with Crippen LogP contribution in [0.15, 0.2) is 47.0 Å². The first-order chi connectivity index (χ1) is 12.3. The molecule has 26 heavy (non-hydrogen) atoms. The number of hydrogen-bond acceptors (Lipinski definition) is 3. The van der Waals surface area contributed by atoms with E-state index in [9.17, 15) is 18.0 Å². The quantitative estimate of drug-likeness (QED) is 0.745. The molecule has 0 saturated heterocycles. The molecule has 0 fully saturated rings. The summed E-state index contributed by atoms with van der Waals surface area (Å²) in [5.74, 6) is 0.947. The van der Waals surface area contributed by atoms with Crippen LogP contribution < -0.4 is 5.32 Å². The predicted octanol–water partition coefficient (Wildman–Crippen LogP) is 4.17. The van der Waals surface area contributed by atoms with Gasteiger partial charge < -0.3 is 9.73 Å². The highest BCUT2D eigenvalue weighted by Crippen LogP contribution is 2.39. The zero-order valence-electron chi connectivity index (χ0n) is 13.7. The third-order valence-corrected chi connectivity index (χ3v) is 4.43. The first-order valence-electron chi connectivity index (χ1n) is 7.92. The molecule has 1 aliphatic heterocycles. The number of hydrogen-bond donors (Lipinski definition) is 1. The van der Waals surface area contributed by atoms with Gasteiger partial charge in [-0.3, -0.25) is 9.48 Å². The van der Waals surface area contributed by atoms with Crippen LogP contribution in [-0.4, -0.2) is 15.7 Å². The van der Waals surface area contributed by atoms with E-state index < -0.39 is 11.7 Å². The van der Waals surface area contributed by atoms with Gasteiger partial charge >= 0.3 is 6.18 Å². The molecule has 3 heterocycles. The smallest absolute Gasteiger partial charge is 0.416 e. The fraction of sp³-hybridized carbons (Fsp3) is 0.222. The molecule has 1 aliphatic rings. The molecular weight excluding hydrogens is 347 g/mol. The van der Waals surface area contributed by atoms with E-state index in [2.05, 4.69) is 10.4 Å². The first-order valence-corrected chi connectivity index (χ1v) is 7.92. The Hall–Kier alpha value is -3.03. The molecule has 0 radical (unpaired) electrons. The maximum absolute atomic E-state index is 12.9. The number of fused-ring (bicyclic) bond motifs is 1. The van der Waals surface area contributed by atoms with Crippen LogP contribution in [0.3, 0.4) is 0 Å². The number of carbonyl (C=O) groups is 1. The Kier molecular flexibility index (Phi) is 3.64. The molecule has 134 valence electrons.